The molecule has 0 aliphatic rings. The van der Waals surface area contributed by atoms with Gasteiger partial charge in [0.2, 0.25) is 5.96 Å². The molecule has 1 aromatic rings. The molecule has 4 nitrogen and oxygen atoms in total. The topological polar surface area (TPSA) is 70.6 Å². The third-order valence-corrected chi connectivity index (χ3v) is 1.56. The van der Waals surface area contributed by atoms with Crippen LogP contribution in [0.5, 0.6) is 0 Å². The molecule has 0 radical (unpaired) electrons. The van der Waals surface area contributed by atoms with E-state index in [1.54, 1.807) is 0 Å². The molecule has 0 unspecified atom stereocenters. The molecule has 1 rings (SSSR count). The van der Waals surface area contributed by atoms with Gasteiger partial charge in [-0.15, -0.1) is 0 Å². The summed E-state index contributed by atoms with van der Waals surface area (Å²) < 4.78 is 37.2. The normalized spacial score (nSPS) is 12.7. The molecule has 7 heteroatoms. The highest BCUT2D eigenvalue weighted by Gasteiger charge is 2.33. The number of nitrogens with two attached hydrogens (primary N) is 1. The van der Waals surface area contributed by atoms with E-state index >= 15 is 0 Å². The number of rotatable bonds is 1. The van der Waals surface area contributed by atoms with Crippen molar-refractivity contribution in [2.45, 2.75) is 6.18 Å². The molecule has 82 valence electrons. The SMILES string of the molecule is NC(=Nc1ccccc1C(F)(F)F)NO. The first-order chi connectivity index (χ1) is 6.95. The second-order valence-electron chi connectivity index (χ2n) is 2.62. The van der Waals surface area contributed by atoms with Gasteiger partial charge in [0.1, 0.15) is 0 Å². The summed E-state index contributed by atoms with van der Waals surface area (Å²) in [5.41, 5.74) is 5.22. The Balaban J connectivity index is 3.19. The van der Waals surface area contributed by atoms with Gasteiger partial charge in [-0.1, -0.05) is 12.1 Å². The van der Waals surface area contributed by atoms with Crippen LogP contribution in [0.25, 0.3) is 0 Å². The van der Waals surface area contributed by atoms with Crippen molar-refractivity contribution in [1.29, 1.82) is 0 Å². The number of alkyl halides is 3. The number of aliphatic imine (C=N–C) groups is 1. The molecule has 4 N–H and O–H groups in total. The van der Waals surface area contributed by atoms with E-state index < -0.39 is 17.7 Å². The number of nitrogens with one attached hydrogen (secondary N) is 1. The lowest BCUT2D eigenvalue weighted by atomic mass is 10.2. The van der Waals surface area contributed by atoms with Crippen LogP contribution in [0.4, 0.5) is 18.9 Å². The van der Waals surface area contributed by atoms with Crippen molar-refractivity contribution in [1.82, 2.24) is 5.48 Å². The molecule has 0 aliphatic heterocycles. The predicted molar refractivity (Wildman–Crippen MR) is 47.6 cm³/mol. The fraction of sp³-hybridized carbons (Fsp3) is 0.125. The molecule has 0 aromatic heterocycles. The molecule has 0 fully saturated rings. The van der Waals surface area contributed by atoms with Crippen LogP contribution in [-0.2, 0) is 6.18 Å². The van der Waals surface area contributed by atoms with E-state index in [0.29, 0.717) is 0 Å². The van der Waals surface area contributed by atoms with E-state index in [9.17, 15) is 13.2 Å². The molecule has 0 saturated heterocycles. The molecule has 0 atom stereocenters. The number of benzene rings is 1. The fourth-order valence-electron chi connectivity index (χ4n) is 0.966. The van der Waals surface area contributed by atoms with Crippen molar-refractivity contribution < 1.29 is 18.4 Å². The lowest BCUT2D eigenvalue weighted by Crippen LogP contribution is -2.28. The van der Waals surface area contributed by atoms with E-state index in [0.717, 1.165) is 12.1 Å². The summed E-state index contributed by atoms with van der Waals surface area (Å²) >= 11 is 0. The molecule has 0 saturated carbocycles. The van der Waals surface area contributed by atoms with Crippen LogP contribution in [-0.4, -0.2) is 11.2 Å². The molecular weight excluding hydrogens is 211 g/mol. The van der Waals surface area contributed by atoms with Gasteiger partial charge in [-0.25, -0.2) is 10.5 Å². The summed E-state index contributed by atoms with van der Waals surface area (Å²) in [6, 6.07) is 4.65. The summed E-state index contributed by atoms with van der Waals surface area (Å²) in [6.07, 6.45) is -4.50. The van der Waals surface area contributed by atoms with E-state index in [1.165, 1.54) is 17.6 Å². The number of hydroxylamine groups is 1. The van der Waals surface area contributed by atoms with Gasteiger partial charge in [0, 0.05) is 0 Å². The lowest BCUT2D eigenvalue weighted by molar-refractivity contribution is -0.137. The smallest absolute Gasteiger partial charge is 0.368 e. The molecule has 15 heavy (non-hydrogen) atoms. The van der Waals surface area contributed by atoms with Crippen LogP contribution >= 0.6 is 0 Å². The lowest BCUT2D eigenvalue weighted by Gasteiger charge is -2.09. The van der Waals surface area contributed by atoms with Crippen LogP contribution in [0.2, 0.25) is 0 Å². The van der Waals surface area contributed by atoms with Crippen LogP contribution in [0, 0.1) is 0 Å². The molecule has 0 spiro atoms. The number of hydrogen-bond acceptors (Lipinski definition) is 2. The van der Waals surface area contributed by atoms with Gasteiger partial charge in [0.05, 0.1) is 11.3 Å². The summed E-state index contributed by atoms with van der Waals surface area (Å²) in [7, 11) is 0. The van der Waals surface area contributed by atoms with Gasteiger partial charge in [-0.2, -0.15) is 13.2 Å². The van der Waals surface area contributed by atoms with Gasteiger partial charge in [0.25, 0.3) is 0 Å². The Morgan fingerprint density at radius 1 is 1.33 bits per heavy atom. The van der Waals surface area contributed by atoms with Crippen molar-refractivity contribution in [3.63, 3.8) is 0 Å². The molecule has 0 heterocycles. The molecule has 0 aliphatic carbocycles. The first kappa shape index (κ1) is 11.3. The van der Waals surface area contributed by atoms with Gasteiger partial charge >= 0.3 is 6.18 Å². The van der Waals surface area contributed by atoms with Crippen LogP contribution in [0.3, 0.4) is 0 Å². The van der Waals surface area contributed by atoms with Crippen LogP contribution in [0.1, 0.15) is 5.56 Å². The van der Waals surface area contributed by atoms with Crippen LogP contribution < -0.4 is 11.2 Å². The van der Waals surface area contributed by atoms with Gasteiger partial charge < -0.3 is 5.73 Å². The Bertz CT molecular complexity index is 376. The Morgan fingerprint density at radius 2 is 1.93 bits per heavy atom. The second kappa shape index (κ2) is 4.18. The zero-order chi connectivity index (χ0) is 11.5. The summed E-state index contributed by atoms with van der Waals surface area (Å²) in [5.74, 6) is -0.508. The van der Waals surface area contributed by atoms with Crippen molar-refractivity contribution >= 4 is 11.6 Å². The van der Waals surface area contributed by atoms with Gasteiger partial charge in [-0.05, 0) is 12.1 Å². The average Bonchev–Trinajstić information content (AvgIpc) is 2.17. The number of nitrogens with zero attached hydrogens (tertiary/aromatic N) is 1. The maximum absolute atomic E-state index is 12.4. The average molecular weight is 219 g/mol. The monoisotopic (exact) mass is 219 g/mol. The fourth-order valence-corrected chi connectivity index (χ4v) is 0.966. The highest BCUT2D eigenvalue weighted by atomic mass is 19.4. The second-order valence-corrected chi connectivity index (χ2v) is 2.62. The summed E-state index contributed by atoms with van der Waals surface area (Å²) in [5, 5.41) is 8.30. The van der Waals surface area contributed by atoms with Crippen molar-refractivity contribution in [2.75, 3.05) is 0 Å². The molecule has 0 amide bonds. The minimum absolute atomic E-state index is 0.357. The number of para-hydroxylation sites is 1. The van der Waals surface area contributed by atoms with E-state index in [2.05, 4.69) is 4.99 Å². The van der Waals surface area contributed by atoms with Crippen molar-refractivity contribution in [2.24, 2.45) is 10.7 Å². The Morgan fingerprint density at radius 3 is 2.47 bits per heavy atom. The van der Waals surface area contributed by atoms with E-state index in [-0.39, 0.29) is 5.69 Å². The first-order valence-electron chi connectivity index (χ1n) is 3.85. The summed E-state index contributed by atoms with van der Waals surface area (Å²) in [6.45, 7) is 0. The first-order valence-corrected chi connectivity index (χ1v) is 3.85. The number of guanidine groups is 1. The maximum Gasteiger partial charge on any atom is 0.418 e. The highest BCUT2D eigenvalue weighted by Crippen LogP contribution is 2.35. The number of halogens is 3. The summed E-state index contributed by atoms with van der Waals surface area (Å²) in [4.78, 5) is 3.36. The van der Waals surface area contributed by atoms with Crippen molar-refractivity contribution in [3.8, 4) is 0 Å². The zero-order valence-electron chi connectivity index (χ0n) is 7.42. The molecule has 0 bridgehead atoms. The Hall–Kier alpha value is -1.76. The largest absolute Gasteiger partial charge is 0.418 e. The minimum atomic E-state index is -4.50. The quantitative estimate of drug-likeness (QED) is 0.382. The van der Waals surface area contributed by atoms with E-state index in [1.807, 2.05) is 0 Å². The molecular formula is C8H8F3N3O. The number of hydrogen-bond donors (Lipinski definition) is 3. The minimum Gasteiger partial charge on any atom is -0.368 e. The predicted octanol–water partition coefficient (Wildman–Crippen LogP) is 1.63. The van der Waals surface area contributed by atoms with Gasteiger partial charge in [-0.3, -0.25) is 5.21 Å². The van der Waals surface area contributed by atoms with E-state index in [4.69, 9.17) is 10.9 Å². The maximum atomic E-state index is 12.4. The highest BCUT2D eigenvalue weighted by molar-refractivity contribution is 5.80. The zero-order valence-corrected chi connectivity index (χ0v) is 7.42. The standard InChI is InChI=1S/C8H8F3N3O/c9-8(10,11)5-3-1-2-4-6(5)13-7(12)14-15/h1-4,15H,(H3,12,13,14). The van der Waals surface area contributed by atoms with Crippen molar-refractivity contribution in [3.05, 3.63) is 29.8 Å². The third kappa shape index (κ3) is 2.84. The molecule has 1 aromatic carbocycles. The Labute approximate surface area is 83.2 Å². The van der Waals surface area contributed by atoms with Gasteiger partial charge in [0.15, 0.2) is 0 Å². The third-order valence-electron chi connectivity index (χ3n) is 1.56. The van der Waals surface area contributed by atoms with Crippen LogP contribution in [0.15, 0.2) is 29.3 Å². The Kier molecular flexibility index (Phi) is 3.15.